The molecule has 5 heteroatoms. The second-order valence-corrected chi connectivity index (χ2v) is 6.10. The molecule has 2 aromatic carbocycles. The molecule has 4 nitrogen and oxygen atoms in total. The Kier molecular flexibility index (Phi) is 8.46. The lowest BCUT2D eigenvalue weighted by atomic mass is 10.1. The lowest BCUT2D eigenvalue weighted by Crippen LogP contribution is -2.28. The first-order chi connectivity index (χ1) is 11.5. The van der Waals surface area contributed by atoms with Crippen molar-refractivity contribution in [3.63, 3.8) is 0 Å². The van der Waals surface area contributed by atoms with Crippen molar-refractivity contribution in [1.82, 2.24) is 5.32 Å². The van der Waals surface area contributed by atoms with E-state index in [-0.39, 0.29) is 30.3 Å². The zero-order chi connectivity index (χ0) is 17.5. The van der Waals surface area contributed by atoms with Crippen molar-refractivity contribution in [3.05, 3.63) is 59.7 Å². The van der Waals surface area contributed by atoms with E-state index >= 15 is 0 Å². The Balaban J connectivity index is 0.00000312. The molecule has 0 fully saturated rings. The van der Waals surface area contributed by atoms with Crippen LogP contribution in [-0.4, -0.2) is 19.5 Å². The van der Waals surface area contributed by atoms with Gasteiger partial charge in [-0.15, -0.1) is 12.4 Å². The fraction of sp³-hybridized carbons (Fsp3) is 0.350. The number of hydrogen-bond acceptors (Lipinski definition) is 3. The fourth-order valence-corrected chi connectivity index (χ4v) is 2.50. The van der Waals surface area contributed by atoms with Gasteiger partial charge in [0.1, 0.15) is 11.9 Å². The van der Waals surface area contributed by atoms with Crippen LogP contribution in [0.4, 0.5) is 5.69 Å². The first-order valence-corrected chi connectivity index (χ1v) is 8.29. The predicted molar refractivity (Wildman–Crippen MR) is 106 cm³/mol. The van der Waals surface area contributed by atoms with Gasteiger partial charge >= 0.3 is 0 Å². The number of hydrogen-bond donors (Lipinski definition) is 2. The predicted octanol–water partition coefficient (Wildman–Crippen LogP) is 4.35. The Bertz CT molecular complexity index is 677. The molecule has 2 unspecified atom stereocenters. The number of carbonyl (C=O) groups is 1. The number of benzene rings is 2. The van der Waals surface area contributed by atoms with Gasteiger partial charge in [0.25, 0.3) is 0 Å². The number of carbonyl (C=O) groups excluding carboxylic acids is 1. The largest absolute Gasteiger partial charge is 0.486 e. The first-order valence-electron chi connectivity index (χ1n) is 8.29. The van der Waals surface area contributed by atoms with E-state index in [1.807, 2.05) is 64.2 Å². The highest BCUT2D eigenvalue weighted by Gasteiger charge is 2.14. The molecule has 0 aromatic heterocycles. The monoisotopic (exact) mass is 362 g/mol. The Labute approximate surface area is 156 Å². The van der Waals surface area contributed by atoms with E-state index in [9.17, 15) is 4.79 Å². The molecule has 1 amide bonds. The topological polar surface area (TPSA) is 50.4 Å². The lowest BCUT2D eigenvalue weighted by Gasteiger charge is -2.17. The molecule has 25 heavy (non-hydrogen) atoms. The van der Waals surface area contributed by atoms with E-state index in [0.717, 1.165) is 22.6 Å². The maximum atomic E-state index is 12.1. The van der Waals surface area contributed by atoms with Crippen LogP contribution in [0.2, 0.25) is 0 Å². The Hall–Kier alpha value is -2.04. The summed E-state index contributed by atoms with van der Waals surface area (Å²) in [5, 5.41) is 5.99. The number of amides is 1. The maximum Gasteiger partial charge on any atom is 0.228 e. The SMILES string of the molecule is CNCC(C)C(=O)Nc1ccc(OC(C)c2ccccc2)cc1C.Cl. The first kappa shape index (κ1) is 21.0. The summed E-state index contributed by atoms with van der Waals surface area (Å²) in [4.78, 5) is 12.1. The van der Waals surface area contributed by atoms with Crippen molar-refractivity contribution < 1.29 is 9.53 Å². The summed E-state index contributed by atoms with van der Waals surface area (Å²) in [7, 11) is 1.84. The molecule has 2 rings (SSSR count). The van der Waals surface area contributed by atoms with E-state index in [1.165, 1.54) is 0 Å². The van der Waals surface area contributed by atoms with Crippen LogP contribution < -0.4 is 15.4 Å². The zero-order valence-electron chi connectivity index (χ0n) is 15.2. The highest BCUT2D eigenvalue weighted by Crippen LogP contribution is 2.26. The number of nitrogens with one attached hydrogen (secondary N) is 2. The molecule has 136 valence electrons. The van der Waals surface area contributed by atoms with Crippen LogP contribution in [0.15, 0.2) is 48.5 Å². The summed E-state index contributed by atoms with van der Waals surface area (Å²) in [5.41, 5.74) is 2.94. The van der Waals surface area contributed by atoms with Crippen LogP contribution in [0, 0.1) is 12.8 Å². The third-order valence-electron chi connectivity index (χ3n) is 4.00. The Morgan fingerprint density at radius 1 is 1.12 bits per heavy atom. The Morgan fingerprint density at radius 2 is 1.80 bits per heavy atom. The van der Waals surface area contributed by atoms with Crippen molar-refractivity contribution in [3.8, 4) is 5.75 Å². The van der Waals surface area contributed by atoms with Gasteiger partial charge in [-0.25, -0.2) is 0 Å². The normalized spacial score (nSPS) is 12.6. The molecule has 0 aliphatic heterocycles. The third kappa shape index (κ3) is 6.07. The maximum absolute atomic E-state index is 12.1. The Morgan fingerprint density at radius 3 is 2.40 bits per heavy atom. The van der Waals surface area contributed by atoms with Crippen molar-refractivity contribution in [2.24, 2.45) is 5.92 Å². The molecule has 0 radical (unpaired) electrons. The van der Waals surface area contributed by atoms with Gasteiger partial charge in [0.15, 0.2) is 0 Å². The van der Waals surface area contributed by atoms with Gasteiger partial charge in [-0.05, 0) is 50.2 Å². The number of halogens is 1. The molecule has 0 aliphatic rings. The summed E-state index contributed by atoms with van der Waals surface area (Å²) in [6.45, 7) is 6.55. The minimum absolute atomic E-state index is 0. The second-order valence-electron chi connectivity index (χ2n) is 6.10. The van der Waals surface area contributed by atoms with Crippen molar-refractivity contribution in [2.45, 2.75) is 26.9 Å². The molecule has 0 heterocycles. The molecule has 2 aromatic rings. The van der Waals surface area contributed by atoms with Gasteiger partial charge < -0.3 is 15.4 Å². The summed E-state index contributed by atoms with van der Waals surface area (Å²) in [6, 6.07) is 15.9. The van der Waals surface area contributed by atoms with Gasteiger partial charge in [0.2, 0.25) is 5.91 Å². The van der Waals surface area contributed by atoms with Crippen LogP contribution in [0.1, 0.15) is 31.1 Å². The fourth-order valence-electron chi connectivity index (χ4n) is 2.50. The smallest absolute Gasteiger partial charge is 0.228 e. The standard InChI is InChI=1S/C20H26N2O2.ClH/c1-14-12-18(24-16(3)17-8-6-5-7-9-17)10-11-19(14)22-20(23)15(2)13-21-4;/h5-12,15-16,21H,13H2,1-4H3,(H,22,23);1H. The molecule has 0 saturated carbocycles. The molecular weight excluding hydrogens is 336 g/mol. The van der Waals surface area contributed by atoms with Gasteiger partial charge in [0.05, 0.1) is 0 Å². The van der Waals surface area contributed by atoms with E-state index in [0.29, 0.717) is 6.54 Å². The van der Waals surface area contributed by atoms with Gasteiger partial charge in [-0.3, -0.25) is 4.79 Å². The van der Waals surface area contributed by atoms with Crippen LogP contribution in [0.3, 0.4) is 0 Å². The quantitative estimate of drug-likeness (QED) is 0.769. The van der Waals surface area contributed by atoms with Gasteiger partial charge in [-0.2, -0.15) is 0 Å². The summed E-state index contributed by atoms with van der Waals surface area (Å²) in [5.74, 6) is 0.729. The third-order valence-corrected chi connectivity index (χ3v) is 4.00. The summed E-state index contributed by atoms with van der Waals surface area (Å²) >= 11 is 0. The molecule has 0 saturated heterocycles. The highest BCUT2D eigenvalue weighted by atomic mass is 35.5. The molecule has 0 spiro atoms. The van der Waals surface area contributed by atoms with E-state index in [1.54, 1.807) is 0 Å². The van der Waals surface area contributed by atoms with E-state index in [2.05, 4.69) is 22.8 Å². The number of ether oxygens (including phenoxy) is 1. The average Bonchev–Trinajstić information content (AvgIpc) is 2.58. The molecule has 2 N–H and O–H groups in total. The summed E-state index contributed by atoms with van der Waals surface area (Å²) < 4.78 is 6.00. The molecule has 0 aliphatic carbocycles. The van der Waals surface area contributed by atoms with Crippen LogP contribution >= 0.6 is 12.4 Å². The minimum Gasteiger partial charge on any atom is -0.486 e. The van der Waals surface area contributed by atoms with E-state index < -0.39 is 0 Å². The van der Waals surface area contributed by atoms with Gasteiger partial charge in [-0.1, -0.05) is 37.3 Å². The lowest BCUT2D eigenvalue weighted by molar-refractivity contribution is -0.119. The highest BCUT2D eigenvalue weighted by molar-refractivity contribution is 5.93. The van der Waals surface area contributed by atoms with Crippen molar-refractivity contribution in [1.29, 1.82) is 0 Å². The van der Waals surface area contributed by atoms with Gasteiger partial charge in [0, 0.05) is 18.2 Å². The number of aryl methyl sites for hydroxylation is 1. The van der Waals surface area contributed by atoms with Crippen molar-refractivity contribution in [2.75, 3.05) is 18.9 Å². The molecule has 2 atom stereocenters. The average molecular weight is 363 g/mol. The minimum atomic E-state index is -0.0802. The molecular formula is C20H27ClN2O2. The second kappa shape index (κ2) is 10.1. The van der Waals surface area contributed by atoms with E-state index in [4.69, 9.17) is 4.74 Å². The van der Waals surface area contributed by atoms with Crippen LogP contribution in [0.25, 0.3) is 0 Å². The summed E-state index contributed by atoms with van der Waals surface area (Å²) in [6.07, 6.45) is -0.0262. The van der Waals surface area contributed by atoms with Crippen LogP contribution in [-0.2, 0) is 4.79 Å². The number of rotatable bonds is 7. The zero-order valence-corrected chi connectivity index (χ0v) is 16.0. The molecule has 0 bridgehead atoms. The van der Waals surface area contributed by atoms with Crippen LogP contribution in [0.5, 0.6) is 5.75 Å². The number of anilines is 1. The van der Waals surface area contributed by atoms with Crippen molar-refractivity contribution >= 4 is 24.0 Å².